The Morgan fingerprint density at radius 3 is 2.38 bits per heavy atom. The predicted octanol–water partition coefficient (Wildman–Crippen LogP) is 4.67. The molecule has 192 valence electrons. The second-order valence-corrected chi connectivity index (χ2v) is 9.31. The van der Waals surface area contributed by atoms with Gasteiger partial charge in [-0.3, -0.25) is 0 Å². The highest BCUT2D eigenvalue weighted by Crippen LogP contribution is 2.29. The third kappa shape index (κ3) is 7.34. The van der Waals surface area contributed by atoms with Crippen LogP contribution in [0.25, 0.3) is 22.5 Å². The monoisotopic (exact) mass is 516 g/mol. The number of aryl methyl sites for hydroxylation is 1. The van der Waals surface area contributed by atoms with E-state index in [1.54, 1.807) is 12.1 Å². The SMILES string of the molecule is CCCCN(Cc1ccc(-c2ccccc2-c2nn[nH]n2)cc1)C(=S)NC(O)CCc1ccc(O)cc1. The minimum Gasteiger partial charge on any atom is -0.508 e. The summed E-state index contributed by atoms with van der Waals surface area (Å²) in [5, 5.41) is 38.1. The number of tetrazole rings is 1. The van der Waals surface area contributed by atoms with Gasteiger partial charge in [0.25, 0.3) is 0 Å². The predicted molar refractivity (Wildman–Crippen MR) is 149 cm³/mol. The lowest BCUT2D eigenvalue weighted by molar-refractivity contribution is 0.145. The van der Waals surface area contributed by atoms with Gasteiger partial charge in [0.1, 0.15) is 12.0 Å². The van der Waals surface area contributed by atoms with Crippen LogP contribution in [0.4, 0.5) is 0 Å². The van der Waals surface area contributed by atoms with Crippen LogP contribution < -0.4 is 5.32 Å². The second kappa shape index (κ2) is 12.9. The first-order valence-corrected chi connectivity index (χ1v) is 12.9. The molecule has 1 atom stereocenters. The highest BCUT2D eigenvalue weighted by molar-refractivity contribution is 7.80. The Labute approximate surface area is 222 Å². The summed E-state index contributed by atoms with van der Waals surface area (Å²) in [5.74, 6) is 0.796. The van der Waals surface area contributed by atoms with Gasteiger partial charge in [-0.15, -0.1) is 10.2 Å². The summed E-state index contributed by atoms with van der Waals surface area (Å²) in [6.45, 7) is 3.59. The number of aromatic hydroxyl groups is 1. The largest absolute Gasteiger partial charge is 0.508 e. The molecule has 0 amide bonds. The average molecular weight is 517 g/mol. The van der Waals surface area contributed by atoms with E-state index in [0.717, 1.165) is 47.2 Å². The van der Waals surface area contributed by atoms with Crippen molar-refractivity contribution in [3.63, 3.8) is 0 Å². The number of nitrogens with zero attached hydrogens (tertiary/aromatic N) is 4. The summed E-state index contributed by atoms with van der Waals surface area (Å²) >= 11 is 5.68. The number of hydrogen-bond acceptors (Lipinski definition) is 6. The number of aliphatic hydroxyl groups excluding tert-OH is 1. The number of rotatable bonds is 11. The summed E-state index contributed by atoms with van der Waals surface area (Å²) in [6.07, 6.45) is 2.49. The standard InChI is InChI=1S/C28H32N6O2S/c1-2-3-18-34(28(37)29-26(36)17-12-20-10-15-23(35)16-11-20)19-21-8-13-22(14-9-21)24-6-4-5-7-25(24)27-30-32-33-31-27/h4-11,13-16,26,35-36H,2-3,12,17-19H2,1H3,(H,29,37)(H,30,31,32,33). The average Bonchev–Trinajstić information content (AvgIpc) is 3.46. The van der Waals surface area contributed by atoms with Crippen LogP contribution in [0.15, 0.2) is 72.8 Å². The quantitative estimate of drug-likeness (QED) is 0.168. The molecule has 4 N–H and O–H groups in total. The highest BCUT2D eigenvalue weighted by atomic mass is 32.1. The molecule has 4 rings (SSSR count). The van der Waals surface area contributed by atoms with Crippen molar-refractivity contribution in [1.29, 1.82) is 0 Å². The van der Waals surface area contributed by atoms with Gasteiger partial charge in [-0.2, -0.15) is 5.21 Å². The normalized spacial score (nSPS) is 11.7. The van der Waals surface area contributed by atoms with Crippen LogP contribution in [0.5, 0.6) is 5.75 Å². The van der Waals surface area contributed by atoms with Gasteiger partial charge in [-0.1, -0.05) is 74.0 Å². The molecule has 0 aliphatic heterocycles. The van der Waals surface area contributed by atoms with Crippen molar-refractivity contribution in [3.05, 3.63) is 83.9 Å². The van der Waals surface area contributed by atoms with Crippen molar-refractivity contribution in [1.82, 2.24) is 30.8 Å². The lowest BCUT2D eigenvalue weighted by atomic mass is 9.98. The van der Waals surface area contributed by atoms with Gasteiger partial charge in [0, 0.05) is 18.7 Å². The van der Waals surface area contributed by atoms with Crippen molar-refractivity contribution in [2.75, 3.05) is 6.54 Å². The lowest BCUT2D eigenvalue weighted by Crippen LogP contribution is -2.44. The number of aliphatic hydroxyl groups is 1. The number of H-pyrrole nitrogens is 1. The Morgan fingerprint density at radius 1 is 1.00 bits per heavy atom. The van der Waals surface area contributed by atoms with Crippen molar-refractivity contribution < 1.29 is 10.2 Å². The first-order chi connectivity index (χ1) is 18.0. The topological polar surface area (TPSA) is 110 Å². The molecule has 8 nitrogen and oxygen atoms in total. The van der Waals surface area contributed by atoms with E-state index in [1.807, 2.05) is 36.4 Å². The summed E-state index contributed by atoms with van der Waals surface area (Å²) < 4.78 is 0. The summed E-state index contributed by atoms with van der Waals surface area (Å²) in [4.78, 5) is 2.10. The molecule has 4 aromatic rings. The fourth-order valence-electron chi connectivity index (χ4n) is 4.09. The molecule has 0 bridgehead atoms. The molecule has 3 aromatic carbocycles. The maximum atomic E-state index is 10.6. The molecule has 0 aliphatic carbocycles. The molecule has 0 saturated carbocycles. The molecule has 1 unspecified atom stereocenters. The summed E-state index contributed by atoms with van der Waals surface area (Å²) in [6, 6.07) is 23.4. The van der Waals surface area contributed by atoms with Gasteiger partial charge in [-0.25, -0.2) is 0 Å². The fourth-order valence-corrected chi connectivity index (χ4v) is 4.38. The van der Waals surface area contributed by atoms with E-state index in [0.29, 0.717) is 30.3 Å². The Kier molecular flexibility index (Phi) is 9.18. The zero-order valence-corrected chi connectivity index (χ0v) is 21.7. The Hall–Kier alpha value is -3.82. The number of benzene rings is 3. The number of unbranched alkanes of at least 4 members (excludes halogenated alkanes) is 1. The third-order valence-corrected chi connectivity index (χ3v) is 6.53. The van der Waals surface area contributed by atoms with Gasteiger partial charge >= 0.3 is 0 Å². The summed E-state index contributed by atoms with van der Waals surface area (Å²) in [7, 11) is 0. The van der Waals surface area contributed by atoms with Crippen LogP contribution in [0.2, 0.25) is 0 Å². The zero-order chi connectivity index (χ0) is 26.0. The van der Waals surface area contributed by atoms with Gasteiger partial charge in [-0.05, 0) is 71.1 Å². The number of phenols is 1. The summed E-state index contributed by atoms with van der Waals surface area (Å²) in [5.41, 5.74) is 5.19. The van der Waals surface area contributed by atoms with E-state index in [4.69, 9.17) is 12.2 Å². The first kappa shape index (κ1) is 26.2. The van der Waals surface area contributed by atoms with E-state index in [2.05, 4.69) is 62.0 Å². The van der Waals surface area contributed by atoms with Crippen LogP contribution >= 0.6 is 12.2 Å². The number of hydrogen-bond donors (Lipinski definition) is 4. The van der Waals surface area contributed by atoms with Crippen LogP contribution in [0.1, 0.15) is 37.3 Å². The maximum absolute atomic E-state index is 10.6. The van der Waals surface area contributed by atoms with Crippen molar-refractivity contribution >= 4 is 17.3 Å². The van der Waals surface area contributed by atoms with Crippen LogP contribution in [-0.4, -0.2) is 53.6 Å². The molecule has 0 spiro atoms. The number of nitrogens with one attached hydrogen (secondary N) is 2. The van der Waals surface area contributed by atoms with Crippen molar-refractivity contribution in [2.24, 2.45) is 0 Å². The van der Waals surface area contributed by atoms with Gasteiger partial charge < -0.3 is 20.4 Å². The van der Waals surface area contributed by atoms with Crippen LogP contribution in [0.3, 0.4) is 0 Å². The molecular weight excluding hydrogens is 484 g/mol. The van der Waals surface area contributed by atoms with E-state index >= 15 is 0 Å². The fraction of sp³-hybridized carbons (Fsp3) is 0.286. The third-order valence-electron chi connectivity index (χ3n) is 6.15. The van der Waals surface area contributed by atoms with Gasteiger partial charge in [0.15, 0.2) is 5.11 Å². The highest BCUT2D eigenvalue weighted by Gasteiger charge is 2.15. The van der Waals surface area contributed by atoms with E-state index in [9.17, 15) is 10.2 Å². The molecule has 9 heteroatoms. The maximum Gasteiger partial charge on any atom is 0.205 e. The van der Waals surface area contributed by atoms with Crippen LogP contribution in [0, 0.1) is 0 Å². The van der Waals surface area contributed by atoms with Gasteiger partial charge in [0.2, 0.25) is 5.82 Å². The number of aromatic amines is 1. The minimum absolute atomic E-state index is 0.236. The Balaban J connectivity index is 1.39. The molecule has 0 radical (unpaired) electrons. The molecule has 0 fully saturated rings. The minimum atomic E-state index is -0.755. The van der Waals surface area contributed by atoms with E-state index < -0.39 is 6.23 Å². The van der Waals surface area contributed by atoms with Crippen LogP contribution in [-0.2, 0) is 13.0 Å². The van der Waals surface area contributed by atoms with Gasteiger partial charge in [0.05, 0.1) is 0 Å². The molecule has 0 aliphatic rings. The molecule has 1 aromatic heterocycles. The van der Waals surface area contributed by atoms with E-state index in [-0.39, 0.29) is 5.75 Å². The molecule has 37 heavy (non-hydrogen) atoms. The Bertz CT molecular complexity index is 1260. The lowest BCUT2D eigenvalue weighted by Gasteiger charge is -2.28. The number of thiocarbonyl (C=S) groups is 1. The van der Waals surface area contributed by atoms with Crippen molar-refractivity contribution in [3.8, 4) is 28.3 Å². The molecule has 0 saturated heterocycles. The molecular formula is C28H32N6O2S. The first-order valence-electron chi connectivity index (χ1n) is 12.5. The Morgan fingerprint density at radius 2 is 1.70 bits per heavy atom. The number of phenolic OH excluding ortho intramolecular Hbond substituents is 1. The number of aromatic nitrogens is 4. The van der Waals surface area contributed by atoms with E-state index in [1.165, 1.54) is 0 Å². The smallest absolute Gasteiger partial charge is 0.205 e. The van der Waals surface area contributed by atoms with Crippen molar-refractivity contribution in [2.45, 2.75) is 45.4 Å². The second-order valence-electron chi connectivity index (χ2n) is 8.92. The zero-order valence-electron chi connectivity index (χ0n) is 20.8. The molecule has 1 heterocycles.